The maximum absolute atomic E-state index is 12.4. The van der Waals surface area contributed by atoms with Crippen molar-refractivity contribution in [1.29, 1.82) is 0 Å². The van der Waals surface area contributed by atoms with E-state index in [2.05, 4.69) is 10.2 Å². The molecule has 3 heterocycles. The molecular formula is C20H27N3O2. The molecule has 1 unspecified atom stereocenters. The van der Waals surface area contributed by atoms with Crippen LogP contribution in [0.1, 0.15) is 36.1 Å². The lowest BCUT2D eigenvalue weighted by Crippen LogP contribution is -2.38. The van der Waals surface area contributed by atoms with E-state index in [0.717, 1.165) is 38.9 Å². The molecule has 25 heavy (non-hydrogen) atoms. The van der Waals surface area contributed by atoms with Crippen molar-refractivity contribution in [1.82, 2.24) is 14.8 Å². The van der Waals surface area contributed by atoms with Crippen molar-refractivity contribution in [3.63, 3.8) is 0 Å². The average molecular weight is 341 g/mol. The van der Waals surface area contributed by atoms with Crippen molar-refractivity contribution >= 4 is 0 Å². The predicted octanol–water partition coefficient (Wildman–Crippen LogP) is 2.18. The molecule has 1 N–H and O–H groups in total. The van der Waals surface area contributed by atoms with Gasteiger partial charge in [0.15, 0.2) is 0 Å². The quantitative estimate of drug-likeness (QED) is 0.875. The maximum Gasteiger partial charge on any atom is 0.250 e. The van der Waals surface area contributed by atoms with Crippen LogP contribution in [0, 0.1) is 0 Å². The van der Waals surface area contributed by atoms with Crippen molar-refractivity contribution in [3.05, 3.63) is 57.9 Å². The van der Waals surface area contributed by atoms with E-state index in [1.807, 2.05) is 16.7 Å². The summed E-state index contributed by atoms with van der Waals surface area (Å²) in [6, 6.07) is 6.25. The Bertz CT molecular complexity index is 745. The van der Waals surface area contributed by atoms with Crippen molar-refractivity contribution in [3.8, 4) is 0 Å². The van der Waals surface area contributed by atoms with Crippen LogP contribution in [0.3, 0.4) is 0 Å². The zero-order valence-corrected chi connectivity index (χ0v) is 14.7. The molecule has 2 aromatic heterocycles. The molecule has 0 amide bonds. The second-order valence-electron chi connectivity index (χ2n) is 7.30. The average Bonchev–Trinajstić information content (AvgIpc) is 3.33. The van der Waals surface area contributed by atoms with Gasteiger partial charge in [0.05, 0.1) is 12.5 Å². The van der Waals surface area contributed by atoms with Crippen LogP contribution in [0.15, 0.2) is 39.9 Å². The number of hydrogen-bond acceptors (Lipinski definition) is 4. The Balaban J connectivity index is 1.41. The summed E-state index contributed by atoms with van der Waals surface area (Å²) in [6.07, 6.45) is 9.16. The first-order chi connectivity index (χ1) is 12.3. The third-order valence-corrected chi connectivity index (χ3v) is 5.60. The number of furan rings is 1. The minimum absolute atomic E-state index is 0.155. The highest BCUT2D eigenvalue weighted by Crippen LogP contribution is 2.21. The summed E-state index contributed by atoms with van der Waals surface area (Å²) >= 11 is 0. The van der Waals surface area contributed by atoms with Gasteiger partial charge in [0, 0.05) is 43.0 Å². The summed E-state index contributed by atoms with van der Waals surface area (Å²) in [5.41, 5.74) is 3.93. The van der Waals surface area contributed by atoms with Crippen molar-refractivity contribution in [2.24, 2.45) is 0 Å². The van der Waals surface area contributed by atoms with E-state index in [1.165, 1.54) is 42.8 Å². The molecule has 0 spiro atoms. The fourth-order valence-electron chi connectivity index (χ4n) is 4.15. The maximum atomic E-state index is 12.4. The number of fused-ring (bicyclic) bond motifs is 1. The minimum atomic E-state index is 0.155. The van der Waals surface area contributed by atoms with Gasteiger partial charge >= 0.3 is 0 Å². The molecule has 1 fully saturated rings. The van der Waals surface area contributed by atoms with E-state index in [4.69, 9.17) is 4.42 Å². The monoisotopic (exact) mass is 341 g/mol. The molecule has 0 aromatic carbocycles. The first-order valence-corrected chi connectivity index (χ1v) is 9.48. The van der Waals surface area contributed by atoms with E-state index >= 15 is 0 Å². The van der Waals surface area contributed by atoms with Crippen LogP contribution < -0.4 is 10.9 Å². The van der Waals surface area contributed by atoms with Crippen LogP contribution in [-0.4, -0.2) is 35.1 Å². The topological polar surface area (TPSA) is 50.4 Å². The highest BCUT2D eigenvalue weighted by molar-refractivity contribution is 5.25. The number of nitrogens with zero attached hydrogens (tertiary/aromatic N) is 2. The molecule has 5 nitrogen and oxygen atoms in total. The Morgan fingerprint density at radius 1 is 1.16 bits per heavy atom. The first kappa shape index (κ1) is 16.6. The number of pyridine rings is 1. The van der Waals surface area contributed by atoms with E-state index in [-0.39, 0.29) is 5.56 Å². The molecule has 0 radical (unpaired) electrons. The number of nitrogens with one attached hydrogen (secondary N) is 1. The highest BCUT2D eigenvalue weighted by atomic mass is 16.3. The standard InChI is InChI=1S/C20H27N3O2/c24-20-6-3-17-13-18(21-14-16-7-12-25-15-16)4-5-19(17)23(20)11-10-22-8-1-2-9-22/h3,6-7,12,15,18,21H,1-2,4-5,8-11,13-14H2. The Labute approximate surface area is 148 Å². The summed E-state index contributed by atoms with van der Waals surface area (Å²) in [6.45, 7) is 5.03. The number of likely N-dealkylation sites (tertiary alicyclic amines) is 1. The third kappa shape index (κ3) is 3.88. The van der Waals surface area contributed by atoms with Crippen LogP contribution in [0.2, 0.25) is 0 Å². The van der Waals surface area contributed by atoms with Gasteiger partial charge in [0.25, 0.3) is 5.56 Å². The zero-order chi connectivity index (χ0) is 17.1. The van der Waals surface area contributed by atoms with Crippen LogP contribution in [0.5, 0.6) is 0 Å². The van der Waals surface area contributed by atoms with Crippen LogP contribution >= 0.6 is 0 Å². The second kappa shape index (κ2) is 7.58. The molecule has 5 heteroatoms. The van der Waals surface area contributed by atoms with Crippen molar-refractivity contribution < 1.29 is 4.42 Å². The largest absolute Gasteiger partial charge is 0.472 e. The van der Waals surface area contributed by atoms with Crippen molar-refractivity contribution in [2.75, 3.05) is 19.6 Å². The van der Waals surface area contributed by atoms with Crippen LogP contribution in [-0.2, 0) is 25.9 Å². The molecule has 134 valence electrons. The molecule has 4 rings (SSSR count). The Morgan fingerprint density at radius 3 is 2.84 bits per heavy atom. The van der Waals surface area contributed by atoms with Gasteiger partial charge in [-0.15, -0.1) is 0 Å². The summed E-state index contributed by atoms with van der Waals surface area (Å²) in [4.78, 5) is 14.9. The molecule has 0 bridgehead atoms. The Hall–Kier alpha value is -1.85. The smallest absolute Gasteiger partial charge is 0.250 e. The van der Waals surface area contributed by atoms with Crippen LogP contribution in [0.4, 0.5) is 0 Å². The fraction of sp³-hybridized carbons (Fsp3) is 0.550. The SMILES string of the molecule is O=c1ccc2c(n1CCN1CCCC1)CCC(NCc1ccoc1)C2. The molecular weight excluding hydrogens is 314 g/mol. The van der Waals surface area contributed by atoms with E-state index in [9.17, 15) is 4.79 Å². The second-order valence-corrected chi connectivity index (χ2v) is 7.30. The van der Waals surface area contributed by atoms with Gasteiger partial charge in [0.1, 0.15) is 0 Å². The Kier molecular flexibility index (Phi) is 5.04. The molecule has 1 aliphatic carbocycles. The van der Waals surface area contributed by atoms with Gasteiger partial charge in [-0.05, 0) is 56.8 Å². The van der Waals surface area contributed by atoms with Crippen LogP contribution in [0.25, 0.3) is 0 Å². The number of rotatable bonds is 6. The zero-order valence-electron chi connectivity index (χ0n) is 14.7. The minimum Gasteiger partial charge on any atom is -0.472 e. The molecule has 2 aromatic rings. The normalized spacial score (nSPS) is 20.7. The van der Waals surface area contributed by atoms with Gasteiger partial charge in [-0.25, -0.2) is 0 Å². The number of aromatic nitrogens is 1. The van der Waals surface area contributed by atoms with E-state index in [1.54, 1.807) is 18.6 Å². The Morgan fingerprint density at radius 2 is 2.04 bits per heavy atom. The number of hydrogen-bond donors (Lipinski definition) is 1. The van der Waals surface area contributed by atoms with Gasteiger partial charge in [-0.1, -0.05) is 6.07 Å². The third-order valence-electron chi connectivity index (χ3n) is 5.60. The van der Waals surface area contributed by atoms with E-state index < -0.39 is 0 Å². The van der Waals surface area contributed by atoms with E-state index in [0.29, 0.717) is 6.04 Å². The first-order valence-electron chi connectivity index (χ1n) is 9.48. The summed E-state index contributed by atoms with van der Waals surface area (Å²) < 4.78 is 7.15. The van der Waals surface area contributed by atoms with Gasteiger partial charge < -0.3 is 19.2 Å². The lowest BCUT2D eigenvalue weighted by Gasteiger charge is -2.28. The van der Waals surface area contributed by atoms with Gasteiger partial charge in [0.2, 0.25) is 0 Å². The molecule has 1 saturated heterocycles. The molecule has 1 atom stereocenters. The fourth-order valence-corrected chi connectivity index (χ4v) is 4.15. The summed E-state index contributed by atoms with van der Waals surface area (Å²) in [7, 11) is 0. The molecule has 2 aliphatic rings. The lowest BCUT2D eigenvalue weighted by molar-refractivity contribution is 0.316. The van der Waals surface area contributed by atoms with Gasteiger partial charge in [-0.2, -0.15) is 0 Å². The molecule has 1 aliphatic heterocycles. The van der Waals surface area contributed by atoms with Crippen molar-refractivity contribution in [2.45, 2.75) is 51.2 Å². The summed E-state index contributed by atoms with van der Waals surface area (Å²) in [5.74, 6) is 0. The summed E-state index contributed by atoms with van der Waals surface area (Å²) in [5, 5.41) is 3.62. The highest BCUT2D eigenvalue weighted by Gasteiger charge is 2.22. The lowest BCUT2D eigenvalue weighted by atomic mass is 9.91. The molecule has 0 saturated carbocycles. The van der Waals surface area contributed by atoms with Gasteiger partial charge in [-0.3, -0.25) is 4.79 Å². The predicted molar refractivity (Wildman–Crippen MR) is 97.7 cm³/mol.